The molecular formula is C27H30B2F8O2P2Pd. The van der Waals surface area contributed by atoms with Gasteiger partial charge in [-0.2, -0.15) is 0 Å². The molecule has 0 unspecified atom stereocenters. The van der Waals surface area contributed by atoms with Crippen LogP contribution in [0.15, 0.2) is 121 Å². The third-order valence-corrected chi connectivity index (χ3v) is 10.2. The Morgan fingerprint density at radius 3 is 0.714 bits per heavy atom. The molecule has 0 amide bonds. The monoisotopic (exact) mass is 728 g/mol. The predicted molar refractivity (Wildman–Crippen MR) is 160 cm³/mol. The zero-order chi connectivity index (χ0) is 28.7. The average Bonchev–Trinajstić information content (AvgIpc) is 2.89. The zero-order valence-electron chi connectivity index (χ0n) is 22.1. The van der Waals surface area contributed by atoms with Crippen molar-refractivity contribution in [1.29, 1.82) is 0 Å². The summed E-state index contributed by atoms with van der Waals surface area (Å²) in [6.45, 7) is 0. The van der Waals surface area contributed by atoms with Gasteiger partial charge in [0.15, 0.2) is 0 Å². The molecule has 4 aromatic carbocycles. The smallest absolute Gasteiger partial charge is 0.418 e. The van der Waals surface area contributed by atoms with Crippen LogP contribution in [0.2, 0.25) is 0 Å². The molecule has 2 nitrogen and oxygen atoms in total. The van der Waals surface area contributed by atoms with Gasteiger partial charge >= 0.3 is 34.9 Å². The van der Waals surface area contributed by atoms with Gasteiger partial charge in [0, 0.05) is 0 Å². The Hall–Kier alpha value is -2.11. The fourth-order valence-corrected chi connectivity index (χ4v) is 8.59. The summed E-state index contributed by atoms with van der Waals surface area (Å²) in [5, 5.41) is 5.94. The number of hydrogen-bond donors (Lipinski definition) is 0. The van der Waals surface area contributed by atoms with Crippen LogP contribution >= 0.6 is 15.8 Å². The van der Waals surface area contributed by atoms with Crippen molar-refractivity contribution in [3.63, 3.8) is 0 Å². The van der Waals surface area contributed by atoms with Crippen LogP contribution in [0.25, 0.3) is 0 Å². The number of hydrogen-bond acceptors (Lipinski definition) is 0. The van der Waals surface area contributed by atoms with Crippen molar-refractivity contribution in [1.82, 2.24) is 0 Å². The molecule has 0 fully saturated rings. The summed E-state index contributed by atoms with van der Waals surface area (Å²) in [5.41, 5.74) is 0. The maximum absolute atomic E-state index is 9.75. The molecule has 0 atom stereocenters. The second-order valence-corrected chi connectivity index (χ2v) is 12.7. The van der Waals surface area contributed by atoms with Crippen LogP contribution in [0, 0.1) is 0 Å². The molecule has 0 saturated carbocycles. The summed E-state index contributed by atoms with van der Waals surface area (Å²) in [4.78, 5) is 0. The van der Waals surface area contributed by atoms with Crippen molar-refractivity contribution < 1.29 is 65.9 Å². The van der Waals surface area contributed by atoms with Crippen molar-refractivity contribution in [2.75, 3.05) is 12.3 Å². The first-order valence-corrected chi connectivity index (χ1v) is 15.0. The van der Waals surface area contributed by atoms with Gasteiger partial charge < -0.3 is 45.5 Å². The Bertz CT molecular complexity index is 1010. The van der Waals surface area contributed by atoms with Gasteiger partial charge in [0.2, 0.25) is 0 Å². The molecule has 0 spiro atoms. The first-order valence-electron chi connectivity index (χ1n) is 11.9. The van der Waals surface area contributed by atoms with Crippen LogP contribution in [0.1, 0.15) is 6.42 Å². The fourth-order valence-electron chi connectivity index (χ4n) is 3.63. The minimum atomic E-state index is -6.00. The van der Waals surface area contributed by atoms with Crippen LogP contribution in [0.5, 0.6) is 0 Å². The van der Waals surface area contributed by atoms with E-state index in [2.05, 4.69) is 121 Å². The third-order valence-electron chi connectivity index (χ3n) is 5.03. The molecule has 4 aromatic rings. The molecule has 0 aliphatic carbocycles. The third kappa shape index (κ3) is 19.2. The van der Waals surface area contributed by atoms with E-state index in [0.717, 1.165) is 0 Å². The molecule has 0 saturated heterocycles. The van der Waals surface area contributed by atoms with Crippen molar-refractivity contribution in [3.8, 4) is 0 Å². The standard InChI is InChI=1S/C27H26P2.2BF4.2H2O.Pd/c1-5-14-24(15-6-1)28(25-16-7-2-8-17-25)22-13-23-29(26-18-9-3-10-19-26)27-20-11-4-12-21-27;2*2-1(3,4)5;;;/h1-12,14-21H,13,22-23H2;;;2*1H2;/q;2*-1;;;+2. The van der Waals surface area contributed by atoms with Gasteiger partial charge in [0.05, 0.1) is 0 Å². The molecule has 0 aromatic heterocycles. The van der Waals surface area contributed by atoms with Crippen molar-refractivity contribution >= 4 is 51.6 Å². The second-order valence-electron chi connectivity index (χ2n) is 7.99. The van der Waals surface area contributed by atoms with Crippen molar-refractivity contribution in [2.45, 2.75) is 6.42 Å². The van der Waals surface area contributed by atoms with Crippen LogP contribution in [-0.4, -0.2) is 37.8 Å². The van der Waals surface area contributed by atoms with E-state index in [-0.39, 0.29) is 47.2 Å². The Morgan fingerprint density at radius 1 is 0.381 bits per heavy atom. The Balaban J connectivity index is 0. The summed E-state index contributed by atoms with van der Waals surface area (Å²) in [6.07, 6.45) is 3.72. The van der Waals surface area contributed by atoms with E-state index in [1.807, 2.05) is 0 Å². The maximum Gasteiger partial charge on any atom is 2.00 e. The van der Waals surface area contributed by atoms with Gasteiger partial charge in [-0.05, 0) is 55.8 Å². The normalized spacial score (nSPS) is 10.5. The molecule has 4 rings (SSSR count). The van der Waals surface area contributed by atoms with Crippen LogP contribution in [0.4, 0.5) is 34.5 Å². The van der Waals surface area contributed by atoms with E-state index in [9.17, 15) is 34.5 Å². The van der Waals surface area contributed by atoms with Crippen LogP contribution in [-0.2, 0) is 20.4 Å². The average molecular weight is 729 g/mol. The summed E-state index contributed by atoms with van der Waals surface area (Å²) in [6, 6.07) is 44.3. The second kappa shape index (κ2) is 21.6. The minimum Gasteiger partial charge on any atom is -0.418 e. The number of rotatable bonds is 8. The number of benzene rings is 4. The number of halogens is 8. The van der Waals surface area contributed by atoms with E-state index in [1.54, 1.807) is 0 Å². The van der Waals surface area contributed by atoms with Gasteiger partial charge in [-0.1, -0.05) is 121 Å². The summed E-state index contributed by atoms with van der Waals surface area (Å²) in [7, 11) is -12.6. The van der Waals surface area contributed by atoms with Gasteiger partial charge in [-0.15, -0.1) is 0 Å². The zero-order valence-corrected chi connectivity index (χ0v) is 25.4. The predicted octanol–water partition coefficient (Wildman–Crippen LogP) is 6.59. The van der Waals surface area contributed by atoms with Crippen molar-refractivity contribution in [2.24, 2.45) is 0 Å². The molecule has 4 N–H and O–H groups in total. The topological polar surface area (TPSA) is 63.0 Å². The summed E-state index contributed by atoms with van der Waals surface area (Å²) < 4.78 is 78.0. The van der Waals surface area contributed by atoms with Crippen molar-refractivity contribution in [3.05, 3.63) is 121 Å². The molecular weight excluding hydrogens is 698 g/mol. The Kier molecular flexibility index (Phi) is 21.6. The molecule has 0 aliphatic heterocycles. The fraction of sp³-hybridized carbons (Fsp3) is 0.111. The molecule has 232 valence electrons. The SMILES string of the molecule is F[B-](F)(F)F.F[B-](F)(F)F.O.O.[Pd+2].c1ccc(P(CCCP(c2ccccc2)c2ccccc2)c2ccccc2)cc1. The molecule has 42 heavy (non-hydrogen) atoms. The molecule has 15 heteroatoms. The van der Waals surface area contributed by atoms with E-state index in [4.69, 9.17) is 0 Å². The van der Waals surface area contributed by atoms with Crippen LogP contribution < -0.4 is 21.2 Å². The van der Waals surface area contributed by atoms with E-state index >= 15 is 0 Å². The van der Waals surface area contributed by atoms with E-state index < -0.39 is 14.5 Å². The first-order chi connectivity index (χ1) is 18.4. The molecule has 0 heterocycles. The van der Waals surface area contributed by atoms with E-state index in [1.165, 1.54) is 40.0 Å². The Morgan fingerprint density at radius 2 is 0.548 bits per heavy atom. The summed E-state index contributed by atoms with van der Waals surface area (Å²) >= 11 is 0. The first kappa shape index (κ1) is 42.0. The van der Waals surface area contributed by atoms with Crippen LogP contribution in [0.3, 0.4) is 0 Å². The Labute approximate surface area is 256 Å². The largest absolute Gasteiger partial charge is 2.00 e. The maximum atomic E-state index is 9.75. The molecule has 0 bridgehead atoms. The molecule has 0 radical (unpaired) electrons. The van der Waals surface area contributed by atoms with Gasteiger partial charge in [0.1, 0.15) is 0 Å². The van der Waals surface area contributed by atoms with Gasteiger partial charge in [0.25, 0.3) is 0 Å². The van der Waals surface area contributed by atoms with Gasteiger partial charge in [-0.3, -0.25) is 0 Å². The van der Waals surface area contributed by atoms with E-state index in [0.29, 0.717) is 0 Å². The molecule has 0 aliphatic rings. The minimum absolute atomic E-state index is 0. The quantitative estimate of drug-likeness (QED) is 0.112. The van der Waals surface area contributed by atoms with Gasteiger partial charge in [-0.25, -0.2) is 0 Å². The summed E-state index contributed by atoms with van der Waals surface area (Å²) in [5.74, 6) is 0.